The fourth-order valence-corrected chi connectivity index (χ4v) is 1.49. The first-order valence-electron chi connectivity index (χ1n) is 4.19. The van der Waals surface area contributed by atoms with Crippen molar-refractivity contribution in [2.75, 3.05) is 6.61 Å². The number of carboxylic acids is 1. The summed E-state index contributed by atoms with van der Waals surface area (Å²) >= 11 is 0. The molecule has 0 unspecified atom stereocenters. The summed E-state index contributed by atoms with van der Waals surface area (Å²) in [7, 11) is 0. The average molecular weight is 195 g/mol. The maximum Gasteiger partial charge on any atom is 0.352 e. The minimum atomic E-state index is -1.02. The van der Waals surface area contributed by atoms with E-state index in [1.54, 1.807) is 6.92 Å². The van der Waals surface area contributed by atoms with Crippen LogP contribution in [0.25, 0.3) is 0 Å². The molecular formula is C9H9NO4. The van der Waals surface area contributed by atoms with E-state index >= 15 is 0 Å². The molecule has 2 rings (SSSR count). The monoisotopic (exact) mass is 195 g/mol. The van der Waals surface area contributed by atoms with Crippen molar-refractivity contribution < 1.29 is 19.4 Å². The van der Waals surface area contributed by atoms with E-state index in [-0.39, 0.29) is 17.6 Å². The van der Waals surface area contributed by atoms with Crippen LogP contribution in [0.4, 0.5) is 0 Å². The van der Waals surface area contributed by atoms with Crippen molar-refractivity contribution in [2.24, 2.45) is 0 Å². The van der Waals surface area contributed by atoms with Crippen LogP contribution in [0, 0.1) is 6.92 Å². The number of esters is 1. The molecule has 2 heterocycles. The summed E-state index contributed by atoms with van der Waals surface area (Å²) in [5.74, 6) is -1.64. The number of hydrogen-bond donors (Lipinski definition) is 2. The van der Waals surface area contributed by atoms with Crippen LogP contribution in [0.15, 0.2) is 6.07 Å². The molecular weight excluding hydrogens is 186 g/mol. The zero-order chi connectivity index (χ0) is 10.3. The quantitative estimate of drug-likeness (QED) is 0.679. The highest BCUT2D eigenvalue weighted by molar-refractivity contribution is 5.88. The van der Waals surface area contributed by atoms with Gasteiger partial charge in [0.1, 0.15) is 18.2 Å². The van der Waals surface area contributed by atoms with Gasteiger partial charge in [0.15, 0.2) is 0 Å². The van der Waals surface area contributed by atoms with Crippen molar-refractivity contribution in [3.63, 3.8) is 0 Å². The van der Waals surface area contributed by atoms with Crippen LogP contribution in [-0.2, 0) is 9.53 Å². The number of carbonyl (C=O) groups is 2. The van der Waals surface area contributed by atoms with Crippen molar-refractivity contribution in [3.8, 4) is 0 Å². The highest BCUT2D eigenvalue weighted by Gasteiger charge is 2.35. The van der Waals surface area contributed by atoms with E-state index in [0.717, 1.165) is 5.56 Å². The van der Waals surface area contributed by atoms with Crippen LogP contribution in [0.5, 0.6) is 0 Å². The van der Waals surface area contributed by atoms with Gasteiger partial charge in [-0.25, -0.2) is 4.79 Å². The summed E-state index contributed by atoms with van der Waals surface area (Å²) in [6.07, 6.45) is 0. The summed E-state index contributed by atoms with van der Waals surface area (Å²) < 4.78 is 4.62. The highest BCUT2D eigenvalue weighted by atomic mass is 16.6. The van der Waals surface area contributed by atoms with Gasteiger partial charge in [-0.1, -0.05) is 0 Å². The first kappa shape index (κ1) is 8.80. The average Bonchev–Trinajstić information content (AvgIpc) is 2.46. The number of ether oxygens (including phenoxy) is 1. The predicted molar refractivity (Wildman–Crippen MR) is 46.2 cm³/mol. The third kappa shape index (κ3) is 1.17. The molecule has 5 nitrogen and oxygen atoms in total. The molecule has 0 saturated carbocycles. The zero-order valence-electron chi connectivity index (χ0n) is 7.53. The fourth-order valence-electron chi connectivity index (χ4n) is 1.49. The second kappa shape index (κ2) is 2.87. The second-order valence-corrected chi connectivity index (χ2v) is 3.27. The van der Waals surface area contributed by atoms with Gasteiger partial charge in [-0.2, -0.15) is 0 Å². The molecule has 1 aliphatic rings. The van der Waals surface area contributed by atoms with E-state index in [1.807, 2.05) is 0 Å². The SMILES string of the molecule is Cc1cc(C(=O)O)[nH]c1[C@H]1COC1=O. The lowest BCUT2D eigenvalue weighted by molar-refractivity contribution is -0.161. The second-order valence-electron chi connectivity index (χ2n) is 3.27. The number of carbonyl (C=O) groups excluding carboxylic acids is 1. The molecule has 1 aliphatic heterocycles. The van der Waals surface area contributed by atoms with Crippen molar-refractivity contribution in [1.29, 1.82) is 0 Å². The Bertz CT molecular complexity index is 407. The number of H-pyrrole nitrogens is 1. The van der Waals surface area contributed by atoms with Gasteiger partial charge in [-0.3, -0.25) is 4.79 Å². The zero-order valence-corrected chi connectivity index (χ0v) is 7.53. The Kier molecular flexibility index (Phi) is 1.80. The molecule has 5 heteroatoms. The number of rotatable bonds is 2. The van der Waals surface area contributed by atoms with Gasteiger partial charge in [0.2, 0.25) is 0 Å². The Hall–Kier alpha value is -1.78. The van der Waals surface area contributed by atoms with Crippen molar-refractivity contribution >= 4 is 11.9 Å². The molecule has 14 heavy (non-hydrogen) atoms. The Labute approximate surface area is 79.7 Å². The van der Waals surface area contributed by atoms with Gasteiger partial charge >= 0.3 is 11.9 Å². The lowest BCUT2D eigenvalue weighted by Gasteiger charge is -2.24. The molecule has 0 aromatic carbocycles. The van der Waals surface area contributed by atoms with E-state index < -0.39 is 5.97 Å². The number of nitrogens with one attached hydrogen (secondary N) is 1. The molecule has 1 aromatic rings. The van der Waals surface area contributed by atoms with Gasteiger partial charge in [0.25, 0.3) is 0 Å². The van der Waals surface area contributed by atoms with Gasteiger partial charge in [-0.05, 0) is 18.6 Å². The summed E-state index contributed by atoms with van der Waals surface area (Å²) in [4.78, 5) is 24.3. The Morgan fingerprint density at radius 3 is 2.79 bits per heavy atom. The normalized spacial score (nSPS) is 20.1. The number of aromatic nitrogens is 1. The molecule has 0 amide bonds. The Morgan fingerprint density at radius 1 is 1.71 bits per heavy atom. The van der Waals surface area contributed by atoms with E-state index in [4.69, 9.17) is 5.11 Å². The van der Waals surface area contributed by atoms with Crippen molar-refractivity contribution in [2.45, 2.75) is 12.8 Å². The van der Waals surface area contributed by atoms with Gasteiger partial charge in [0.05, 0.1) is 0 Å². The number of aryl methyl sites for hydroxylation is 1. The molecule has 0 spiro atoms. The van der Waals surface area contributed by atoms with Crippen molar-refractivity contribution in [3.05, 3.63) is 23.0 Å². The summed E-state index contributed by atoms with van der Waals surface area (Å²) in [5.41, 5.74) is 1.54. The minimum Gasteiger partial charge on any atom is -0.477 e. The van der Waals surface area contributed by atoms with Crippen LogP contribution >= 0.6 is 0 Å². The maximum atomic E-state index is 11.0. The minimum absolute atomic E-state index is 0.109. The number of aromatic amines is 1. The third-order valence-electron chi connectivity index (χ3n) is 2.31. The largest absolute Gasteiger partial charge is 0.477 e. The fraction of sp³-hybridized carbons (Fsp3) is 0.333. The third-order valence-corrected chi connectivity index (χ3v) is 2.31. The number of cyclic esters (lactones) is 1. The van der Waals surface area contributed by atoms with Crippen LogP contribution in [0.2, 0.25) is 0 Å². The molecule has 1 atom stereocenters. The van der Waals surface area contributed by atoms with Gasteiger partial charge in [0, 0.05) is 5.69 Å². The van der Waals surface area contributed by atoms with Crippen LogP contribution in [-0.4, -0.2) is 28.6 Å². The highest BCUT2D eigenvalue weighted by Crippen LogP contribution is 2.27. The van der Waals surface area contributed by atoms with E-state index in [2.05, 4.69) is 9.72 Å². The van der Waals surface area contributed by atoms with Crippen LogP contribution in [0.1, 0.15) is 27.7 Å². The molecule has 0 radical (unpaired) electrons. The van der Waals surface area contributed by atoms with Crippen LogP contribution in [0.3, 0.4) is 0 Å². The summed E-state index contributed by atoms with van der Waals surface area (Å²) in [6, 6.07) is 1.52. The standard InChI is InChI=1S/C9H9NO4/c1-4-2-6(8(11)12)10-7(4)5-3-14-9(5)13/h2,5,10H,3H2,1H3,(H,11,12)/t5-/m1/s1. The molecule has 74 valence electrons. The first-order valence-corrected chi connectivity index (χ1v) is 4.19. The lowest BCUT2D eigenvalue weighted by atomic mass is 10.0. The smallest absolute Gasteiger partial charge is 0.352 e. The van der Waals surface area contributed by atoms with Crippen LogP contribution < -0.4 is 0 Å². The molecule has 1 saturated heterocycles. The molecule has 0 bridgehead atoms. The maximum absolute atomic E-state index is 11.0. The molecule has 0 aliphatic carbocycles. The lowest BCUT2D eigenvalue weighted by Crippen LogP contribution is -2.33. The van der Waals surface area contributed by atoms with Gasteiger partial charge in [-0.15, -0.1) is 0 Å². The molecule has 1 aromatic heterocycles. The Morgan fingerprint density at radius 2 is 2.43 bits per heavy atom. The van der Waals surface area contributed by atoms with E-state index in [0.29, 0.717) is 12.3 Å². The first-order chi connectivity index (χ1) is 6.59. The summed E-state index contributed by atoms with van der Waals surface area (Å²) in [6.45, 7) is 2.10. The Balaban J connectivity index is 2.34. The van der Waals surface area contributed by atoms with Crippen molar-refractivity contribution in [1.82, 2.24) is 4.98 Å². The topological polar surface area (TPSA) is 79.4 Å². The summed E-state index contributed by atoms with van der Waals surface area (Å²) in [5, 5.41) is 8.71. The molecule has 2 N–H and O–H groups in total. The number of aromatic carboxylic acids is 1. The molecule has 1 fully saturated rings. The number of hydrogen-bond acceptors (Lipinski definition) is 3. The predicted octanol–water partition coefficient (Wildman–Crippen LogP) is 0.662. The van der Waals surface area contributed by atoms with Gasteiger partial charge < -0.3 is 14.8 Å². The van der Waals surface area contributed by atoms with E-state index in [9.17, 15) is 9.59 Å². The number of carboxylic acid groups (broad SMARTS) is 1. The van der Waals surface area contributed by atoms with E-state index in [1.165, 1.54) is 6.07 Å².